The molecule has 1 saturated heterocycles. The van der Waals surface area contributed by atoms with Gasteiger partial charge in [-0.1, -0.05) is 30.3 Å². The monoisotopic (exact) mass is 402 g/mol. The molecule has 2 aromatic rings. The second-order valence-electron chi connectivity index (χ2n) is 8.72. The molecule has 29 heavy (non-hydrogen) atoms. The van der Waals surface area contributed by atoms with Gasteiger partial charge in [0.05, 0.1) is 18.9 Å². The van der Waals surface area contributed by atoms with E-state index in [0.717, 1.165) is 5.56 Å². The number of benzene rings is 1. The number of hydroxylamine groups is 2. The fraction of sp³-hybridized carbons (Fsp3) is 0.500. The first-order valence-corrected chi connectivity index (χ1v) is 9.77. The highest BCUT2D eigenvalue weighted by atomic mass is 16.6. The fourth-order valence-corrected chi connectivity index (χ4v) is 3.59. The average molecular weight is 402 g/mol. The number of amides is 1. The van der Waals surface area contributed by atoms with Crippen molar-refractivity contribution in [2.45, 2.75) is 64.6 Å². The predicted molar refractivity (Wildman–Crippen MR) is 107 cm³/mol. The molecule has 158 valence electrons. The molecular weight excluding hydrogens is 372 g/mol. The SMILES string of the molecule is CC(C)(C)OC(=O)N1[C@H]([C@@H](c2ccco2)N(O)Cc2ccccc2)COC1(C)C. The van der Waals surface area contributed by atoms with E-state index in [0.29, 0.717) is 5.76 Å². The van der Waals surface area contributed by atoms with E-state index in [2.05, 4.69) is 0 Å². The van der Waals surface area contributed by atoms with Gasteiger partial charge in [-0.3, -0.25) is 4.90 Å². The maximum atomic E-state index is 13.0. The summed E-state index contributed by atoms with van der Waals surface area (Å²) in [6.45, 7) is 9.60. The summed E-state index contributed by atoms with van der Waals surface area (Å²) in [5.74, 6) is 0.545. The van der Waals surface area contributed by atoms with Gasteiger partial charge >= 0.3 is 6.09 Å². The molecule has 1 aliphatic rings. The Morgan fingerprint density at radius 2 is 1.97 bits per heavy atom. The van der Waals surface area contributed by atoms with Crippen LogP contribution in [0.5, 0.6) is 0 Å². The molecule has 0 unspecified atom stereocenters. The number of carbonyl (C=O) groups excluding carboxylic acids is 1. The maximum absolute atomic E-state index is 13.0. The van der Waals surface area contributed by atoms with Gasteiger partial charge in [-0.05, 0) is 52.3 Å². The summed E-state index contributed by atoms with van der Waals surface area (Å²) < 4.78 is 17.2. The molecule has 1 aromatic carbocycles. The predicted octanol–water partition coefficient (Wildman–Crippen LogP) is 4.58. The Labute approximate surface area is 171 Å². The van der Waals surface area contributed by atoms with Crippen molar-refractivity contribution < 1.29 is 23.9 Å². The number of rotatable bonds is 5. The zero-order valence-electron chi connectivity index (χ0n) is 17.7. The minimum atomic E-state index is -0.884. The molecule has 0 aliphatic carbocycles. The Morgan fingerprint density at radius 3 is 2.55 bits per heavy atom. The Balaban J connectivity index is 1.92. The lowest BCUT2D eigenvalue weighted by molar-refractivity contribution is -0.159. The van der Waals surface area contributed by atoms with Gasteiger partial charge in [0, 0.05) is 6.54 Å². The molecule has 2 heterocycles. The van der Waals surface area contributed by atoms with E-state index in [1.54, 1.807) is 23.3 Å². The number of nitrogens with zero attached hydrogens (tertiary/aromatic N) is 2. The van der Waals surface area contributed by atoms with E-state index in [4.69, 9.17) is 13.9 Å². The molecule has 0 spiro atoms. The number of furan rings is 1. The standard InChI is InChI=1S/C22H30N2O5/c1-21(2,3)29-20(25)24-17(15-28-22(24,4)5)19(18-12-9-13-27-18)23(26)14-16-10-7-6-8-11-16/h6-13,17,19,26H,14-15H2,1-5H3/t17-,19-/m0/s1. The number of carbonyl (C=O) groups is 1. The fourth-order valence-electron chi connectivity index (χ4n) is 3.59. The molecule has 1 aliphatic heterocycles. The topological polar surface area (TPSA) is 75.4 Å². The molecule has 0 radical (unpaired) electrons. The second-order valence-corrected chi connectivity index (χ2v) is 8.72. The lowest BCUT2D eigenvalue weighted by Crippen LogP contribution is -2.53. The first-order valence-electron chi connectivity index (χ1n) is 9.77. The average Bonchev–Trinajstić information content (AvgIpc) is 3.23. The third kappa shape index (κ3) is 4.98. The van der Waals surface area contributed by atoms with Crippen LogP contribution in [0.4, 0.5) is 4.79 Å². The van der Waals surface area contributed by atoms with E-state index < -0.39 is 29.5 Å². The van der Waals surface area contributed by atoms with Crippen LogP contribution in [-0.2, 0) is 16.0 Å². The van der Waals surface area contributed by atoms with Crippen molar-refractivity contribution in [1.82, 2.24) is 9.96 Å². The Kier molecular flexibility index (Phi) is 6.03. The van der Waals surface area contributed by atoms with Crippen LogP contribution in [0.1, 0.15) is 52.0 Å². The second kappa shape index (κ2) is 8.18. The summed E-state index contributed by atoms with van der Waals surface area (Å²) in [7, 11) is 0. The Bertz CT molecular complexity index is 798. The van der Waals surface area contributed by atoms with Crippen LogP contribution in [0, 0.1) is 0 Å². The van der Waals surface area contributed by atoms with E-state index >= 15 is 0 Å². The largest absolute Gasteiger partial charge is 0.468 e. The van der Waals surface area contributed by atoms with Crippen LogP contribution in [0.25, 0.3) is 0 Å². The van der Waals surface area contributed by atoms with Gasteiger partial charge in [0.25, 0.3) is 0 Å². The molecule has 7 heteroatoms. The van der Waals surface area contributed by atoms with Crippen LogP contribution in [-0.4, -0.2) is 45.2 Å². The maximum Gasteiger partial charge on any atom is 0.412 e. The van der Waals surface area contributed by atoms with Gasteiger partial charge < -0.3 is 19.1 Å². The quantitative estimate of drug-likeness (QED) is 0.738. The lowest BCUT2D eigenvalue weighted by atomic mass is 10.0. The van der Waals surface area contributed by atoms with E-state index in [1.165, 1.54) is 5.06 Å². The van der Waals surface area contributed by atoms with Gasteiger partial charge in [0.2, 0.25) is 0 Å². The van der Waals surface area contributed by atoms with E-state index in [-0.39, 0.29) is 13.2 Å². The van der Waals surface area contributed by atoms with Crippen molar-refractivity contribution in [3.8, 4) is 0 Å². The molecule has 7 nitrogen and oxygen atoms in total. The van der Waals surface area contributed by atoms with Gasteiger partial charge in [-0.2, -0.15) is 5.06 Å². The van der Waals surface area contributed by atoms with Crippen molar-refractivity contribution in [3.63, 3.8) is 0 Å². The van der Waals surface area contributed by atoms with Crippen molar-refractivity contribution in [3.05, 3.63) is 60.1 Å². The minimum absolute atomic E-state index is 0.240. The lowest BCUT2D eigenvalue weighted by Gasteiger charge is -2.39. The minimum Gasteiger partial charge on any atom is -0.468 e. The molecule has 0 bridgehead atoms. The molecule has 1 aromatic heterocycles. The molecule has 1 N–H and O–H groups in total. The number of ether oxygens (including phenoxy) is 2. The highest BCUT2D eigenvalue weighted by Gasteiger charge is 2.51. The highest BCUT2D eigenvalue weighted by molar-refractivity contribution is 5.70. The van der Waals surface area contributed by atoms with Crippen LogP contribution >= 0.6 is 0 Å². The van der Waals surface area contributed by atoms with Gasteiger partial charge in [-0.25, -0.2) is 4.79 Å². The molecule has 1 fully saturated rings. The molecule has 0 saturated carbocycles. The van der Waals surface area contributed by atoms with Crippen molar-refractivity contribution in [1.29, 1.82) is 0 Å². The van der Waals surface area contributed by atoms with Crippen molar-refractivity contribution in [2.24, 2.45) is 0 Å². The Morgan fingerprint density at radius 1 is 1.28 bits per heavy atom. The highest BCUT2D eigenvalue weighted by Crippen LogP contribution is 2.38. The van der Waals surface area contributed by atoms with Crippen LogP contribution < -0.4 is 0 Å². The van der Waals surface area contributed by atoms with Crippen LogP contribution in [0.2, 0.25) is 0 Å². The third-order valence-electron chi connectivity index (χ3n) is 4.82. The molecule has 1 amide bonds. The zero-order valence-corrected chi connectivity index (χ0v) is 17.7. The number of hydrogen-bond donors (Lipinski definition) is 1. The summed E-state index contributed by atoms with van der Waals surface area (Å²) in [6.07, 6.45) is 1.06. The normalized spacial score (nSPS) is 20.1. The number of hydrogen-bond acceptors (Lipinski definition) is 6. The molecule has 2 atom stereocenters. The zero-order chi connectivity index (χ0) is 21.2. The first kappa shape index (κ1) is 21.4. The smallest absolute Gasteiger partial charge is 0.412 e. The summed E-state index contributed by atoms with van der Waals surface area (Å²) >= 11 is 0. The van der Waals surface area contributed by atoms with Crippen LogP contribution in [0.15, 0.2) is 53.1 Å². The van der Waals surface area contributed by atoms with E-state index in [9.17, 15) is 10.0 Å². The summed E-state index contributed by atoms with van der Waals surface area (Å²) in [5.41, 5.74) is -0.594. The molecular formula is C22H30N2O5. The van der Waals surface area contributed by atoms with Crippen LogP contribution in [0.3, 0.4) is 0 Å². The van der Waals surface area contributed by atoms with Crippen molar-refractivity contribution in [2.75, 3.05) is 6.61 Å². The van der Waals surface area contributed by atoms with Gasteiger partial charge in [-0.15, -0.1) is 0 Å². The Hall–Kier alpha value is -2.35. The third-order valence-corrected chi connectivity index (χ3v) is 4.82. The summed E-state index contributed by atoms with van der Waals surface area (Å²) in [4.78, 5) is 14.6. The first-order chi connectivity index (χ1) is 13.6. The van der Waals surface area contributed by atoms with Crippen molar-refractivity contribution >= 4 is 6.09 Å². The molecule has 3 rings (SSSR count). The summed E-state index contributed by atoms with van der Waals surface area (Å²) in [6, 6.07) is 12.0. The van der Waals surface area contributed by atoms with Gasteiger partial charge in [0.1, 0.15) is 23.1 Å². The summed E-state index contributed by atoms with van der Waals surface area (Å²) in [5, 5.41) is 12.2. The van der Waals surface area contributed by atoms with E-state index in [1.807, 2.05) is 65.0 Å². The van der Waals surface area contributed by atoms with Gasteiger partial charge in [0.15, 0.2) is 0 Å².